The number of benzene rings is 1. The van der Waals surface area contributed by atoms with Gasteiger partial charge < -0.3 is 4.72 Å². The molecule has 6 heteroatoms. The van der Waals surface area contributed by atoms with E-state index in [0.717, 1.165) is 15.0 Å². The van der Waals surface area contributed by atoms with Crippen LogP contribution < -0.4 is 4.72 Å². The Morgan fingerprint density at radius 3 is 2.71 bits per heavy atom. The molecule has 0 atom stereocenters. The Balaban J connectivity index is 1.95. The fraction of sp³-hybridized carbons (Fsp3) is 0. The second kappa shape index (κ2) is 4.63. The number of hydrogen-bond acceptors (Lipinski definition) is 5. The molecule has 2 aromatic rings. The summed E-state index contributed by atoms with van der Waals surface area (Å²) in [5.41, 5.74) is 1.69. The van der Waals surface area contributed by atoms with Gasteiger partial charge in [-0.3, -0.25) is 0 Å². The van der Waals surface area contributed by atoms with Crippen molar-refractivity contribution in [2.45, 2.75) is 4.90 Å². The van der Waals surface area contributed by atoms with Crippen LogP contribution >= 0.6 is 34.9 Å². The van der Waals surface area contributed by atoms with Gasteiger partial charge in [0.1, 0.15) is 5.51 Å². The monoisotopic (exact) mass is 243 g/mol. The first-order chi connectivity index (χ1) is 6.84. The molecule has 3 nitrogen and oxygen atoms in total. The first-order valence-electron chi connectivity index (χ1n) is 3.79. The quantitative estimate of drug-likeness (QED) is 0.840. The fourth-order valence-corrected chi connectivity index (χ4v) is 2.07. The van der Waals surface area contributed by atoms with Crippen LogP contribution in [0.25, 0.3) is 0 Å². The number of hydrogen-bond donors (Lipinski definition) is 1. The Hall–Kier alpha value is -0.780. The molecule has 0 amide bonds. The summed E-state index contributed by atoms with van der Waals surface area (Å²) in [6.45, 7) is 0. The highest BCUT2D eigenvalue weighted by atomic mass is 35.5. The molecule has 0 radical (unpaired) electrons. The molecule has 0 spiro atoms. The minimum Gasteiger partial charge on any atom is -0.300 e. The summed E-state index contributed by atoms with van der Waals surface area (Å²) in [4.78, 5) is 1.09. The summed E-state index contributed by atoms with van der Waals surface area (Å²) in [6.07, 6.45) is 0. The van der Waals surface area contributed by atoms with Crippen LogP contribution in [0, 0.1) is 0 Å². The zero-order chi connectivity index (χ0) is 9.80. The molecule has 1 aromatic heterocycles. The van der Waals surface area contributed by atoms with E-state index in [9.17, 15) is 0 Å². The number of anilines is 1. The third-order valence-electron chi connectivity index (χ3n) is 1.43. The Labute approximate surface area is 94.6 Å². The number of aromatic nitrogens is 2. The van der Waals surface area contributed by atoms with E-state index in [1.807, 2.05) is 24.3 Å². The van der Waals surface area contributed by atoms with Gasteiger partial charge in [-0.25, -0.2) is 0 Å². The summed E-state index contributed by atoms with van der Waals surface area (Å²) >= 11 is 8.71. The standard InChI is InChI=1S/C8H6ClN3S2/c9-6-1-3-7(4-2-6)14-12-8-11-10-5-13-8/h1-5H,(H,11,12). The molecule has 72 valence electrons. The predicted molar refractivity (Wildman–Crippen MR) is 60.8 cm³/mol. The van der Waals surface area contributed by atoms with E-state index in [4.69, 9.17) is 11.6 Å². The minimum absolute atomic E-state index is 0.741. The van der Waals surface area contributed by atoms with Gasteiger partial charge in [0.2, 0.25) is 5.13 Å². The topological polar surface area (TPSA) is 37.8 Å². The summed E-state index contributed by atoms with van der Waals surface area (Å²) in [5.74, 6) is 0. The summed E-state index contributed by atoms with van der Waals surface area (Å²) in [5, 5.41) is 9.12. The lowest BCUT2D eigenvalue weighted by molar-refractivity contribution is 1.10. The molecule has 0 bridgehead atoms. The van der Waals surface area contributed by atoms with Gasteiger partial charge in [0.15, 0.2) is 0 Å². The second-order valence-electron chi connectivity index (χ2n) is 2.40. The lowest BCUT2D eigenvalue weighted by Gasteiger charge is -2.00. The SMILES string of the molecule is Clc1ccc(SNc2nncs2)cc1. The minimum atomic E-state index is 0.741. The molecule has 0 aliphatic heterocycles. The van der Waals surface area contributed by atoms with Crippen LogP contribution in [0.5, 0.6) is 0 Å². The highest BCUT2D eigenvalue weighted by Gasteiger charge is 1.97. The van der Waals surface area contributed by atoms with Crippen LogP contribution in [0.4, 0.5) is 5.13 Å². The first-order valence-corrected chi connectivity index (χ1v) is 5.86. The van der Waals surface area contributed by atoms with Crippen molar-refractivity contribution >= 4 is 40.0 Å². The second-order valence-corrected chi connectivity index (χ2v) is 4.55. The lowest BCUT2D eigenvalue weighted by Crippen LogP contribution is -1.85. The van der Waals surface area contributed by atoms with Crippen LogP contribution in [0.2, 0.25) is 5.02 Å². The third-order valence-corrected chi connectivity index (χ3v) is 3.22. The lowest BCUT2D eigenvalue weighted by atomic mass is 10.4. The molecule has 0 saturated heterocycles. The molecule has 14 heavy (non-hydrogen) atoms. The molecule has 0 aliphatic carbocycles. The summed E-state index contributed by atoms with van der Waals surface area (Å²) in [7, 11) is 0. The molecule has 0 aliphatic rings. The number of nitrogens with zero attached hydrogens (tertiary/aromatic N) is 2. The fourth-order valence-electron chi connectivity index (χ4n) is 0.823. The molecule has 2 rings (SSSR count). The average Bonchev–Trinajstić information content (AvgIpc) is 2.70. The average molecular weight is 244 g/mol. The van der Waals surface area contributed by atoms with E-state index in [0.29, 0.717) is 0 Å². The Kier molecular flexibility index (Phi) is 3.23. The van der Waals surface area contributed by atoms with Crippen molar-refractivity contribution in [2.75, 3.05) is 4.72 Å². The summed E-state index contributed by atoms with van der Waals surface area (Å²) < 4.78 is 3.08. The van der Waals surface area contributed by atoms with Gasteiger partial charge in [-0.15, -0.1) is 10.2 Å². The van der Waals surface area contributed by atoms with Crippen molar-refractivity contribution in [2.24, 2.45) is 0 Å². The highest BCUT2D eigenvalue weighted by Crippen LogP contribution is 2.22. The van der Waals surface area contributed by atoms with Gasteiger partial charge in [-0.05, 0) is 36.2 Å². The molecule has 1 N–H and O–H groups in total. The van der Waals surface area contributed by atoms with Crippen molar-refractivity contribution < 1.29 is 0 Å². The molecule has 1 aromatic carbocycles. The van der Waals surface area contributed by atoms with Gasteiger partial charge in [0.25, 0.3) is 0 Å². The normalized spacial score (nSPS) is 10.1. The molecular weight excluding hydrogens is 238 g/mol. The van der Waals surface area contributed by atoms with Gasteiger partial charge >= 0.3 is 0 Å². The largest absolute Gasteiger partial charge is 0.300 e. The van der Waals surface area contributed by atoms with Crippen molar-refractivity contribution in [3.05, 3.63) is 34.8 Å². The maximum atomic E-state index is 5.76. The Morgan fingerprint density at radius 1 is 1.29 bits per heavy atom. The van der Waals surface area contributed by atoms with E-state index in [-0.39, 0.29) is 0 Å². The van der Waals surface area contributed by atoms with E-state index >= 15 is 0 Å². The Morgan fingerprint density at radius 2 is 2.07 bits per heavy atom. The van der Waals surface area contributed by atoms with Crippen LogP contribution in [-0.2, 0) is 0 Å². The van der Waals surface area contributed by atoms with Crippen molar-refractivity contribution in [1.29, 1.82) is 0 Å². The third kappa shape index (κ3) is 2.60. The van der Waals surface area contributed by atoms with Crippen LogP contribution in [0.1, 0.15) is 0 Å². The van der Waals surface area contributed by atoms with Gasteiger partial charge in [-0.1, -0.05) is 22.9 Å². The van der Waals surface area contributed by atoms with Gasteiger partial charge in [-0.2, -0.15) is 0 Å². The number of halogens is 1. The zero-order valence-corrected chi connectivity index (χ0v) is 9.36. The first kappa shape index (κ1) is 9.76. The molecule has 1 heterocycles. The van der Waals surface area contributed by atoms with E-state index in [2.05, 4.69) is 14.9 Å². The van der Waals surface area contributed by atoms with Crippen LogP contribution in [0.3, 0.4) is 0 Å². The summed E-state index contributed by atoms with van der Waals surface area (Å²) in [6, 6.07) is 7.60. The Bertz CT molecular complexity index is 387. The molecule has 0 unspecified atom stereocenters. The maximum Gasteiger partial charge on any atom is 0.215 e. The van der Waals surface area contributed by atoms with Gasteiger partial charge in [0, 0.05) is 9.92 Å². The van der Waals surface area contributed by atoms with Crippen molar-refractivity contribution in [3.8, 4) is 0 Å². The molecule has 0 saturated carbocycles. The number of rotatable bonds is 3. The molecule has 0 fully saturated rings. The smallest absolute Gasteiger partial charge is 0.215 e. The highest BCUT2D eigenvalue weighted by molar-refractivity contribution is 8.00. The predicted octanol–water partition coefficient (Wildman–Crippen LogP) is 3.31. The van der Waals surface area contributed by atoms with E-state index < -0.39 is 0 Å². The van der Waals surface area contributed by atoms with E-state index in [1.54, 1.807) is 5.51 Å². The van der Waals surface area contributed by atoms with Crippen molar-refractivity contribution in [1.82, 2.24) is 10.2 Å². The maximum absolute atomic E-state index is 5.76. The number of nitrogens with one attached hydrogen (secondary N) is 1. The van der Waals surface area contributed by atoms with Crippen LogP contribution in [0.15, 0.2) is 34.7 Å². The van der Waals surface area contributed by atoms with E-state index in [1.165, 1.54) is 23.3 Å². The zero-order valence-electron chi connectivity index (χ0n) is 6.98. The van der Waals surface area contributed by atoms with Crippen molar-refractivity contribution in [3.63, 3.8) is 0 Å². The molecular formula is C8H6ClN3S2. The van der Waals surface area contributed by atoms with Crippen LogP contribution in [-0.4, -0.2) is 10.2 Å². The van der Waals surface area contributed by atoms with Gasteiger partial charge in [0.05, 0.1) is 0 Å².